The third-order valence-electron chi connectivity index (χ3n) is 4.92. The van der Waals surface area contributed by atoms with E-state index < -0.39 is 5.82 Å². The number of benzene rings is 1. The molecule has 1 unspecified atom stereocenters. The van der Waals surface area contributed by atoms with Gasteiger partial charge < -0.3 is 10.0 Å². The fraction of sp³-hybridized carbons (Fsp3) is 0.368. The molecular formula is C19H21FN6O2. The maximum atomic E-state index is 13.6. The highest BCUT2D eigenvalue weighted by Gasteiger charge is 2.26. The monoisotopic (exact) mass is 384 g/mol. The van der Waals surface area contributed by atoms with E-state index in [1.165, 1.54) is 6.07 Å². The third-order valence-corrected chi connectivity index (χ3v) is 4.92. The first-order valence-electron chi connectivity index (χ1n) is 9.15. The van der Waals surface area contributed by atoms with Crippen LogP contribution in [-0.2, 0) is 0 Å². The third kappa shape index (κ3) is 3.60. The molecule has 0 radical (unpaired) electrons. The number of amides is 2. The molecule has 1 aliphatic heterocycles. The Balaban J connectivity index is 1.49. The summed E-state index contributed by atoms with van der Waals surface area (Å²) in [5, 5.41) is 16.7. The number of aromatic hydroxyl groups is 1. The molecule has 1 saturated heterocycles. The van der Waals surface area contributed by atoms with Gasteiger partial charge in [-0.05, 0) is 50.5 Å². The molecule has 0 saturated carbocycles. The minimum absolute atomic E-state index is 0.0401. The van der Waals surface area contributed by atoms with E-state index in [2.05, 4.69) is 20.4 Å². The maximum Gasteiger partial charge on any atom is 0.324 e. The number of anilines is 1. The molecule has 2 amide bonds. The van der Waals surface area contributed by atoms with E-state index >= 15 is 0 Å². The van der Waals surface area contributed by atoms with E-state index in [0.29, 0.717) is 24.4 Å². The Bertz CT molecular complexity index is 1030. The standard InChI is InChI=1S/C19H21FN6O2/c1-11-6-12(2)26-18(21-11)22-17(24-26)23-19(28)25-5-3-4-13(10-25)14-7-15(20)9-16(27)8-14/h6-9,13,27H,3-5,10H2,1-2H3,(H,23,24,28). The first kappa shape index (κ1) is 18.1. The first-order valence-corrected chi connectivity index (χ1v) is 9.15. The topological polar surface area (TPSA) is 95.7 Å². The zero-order valence-electron chi connectivity index (χ0n) is 15.7. The van der Waals surface area contributed by atoms with Crippen molar-refractivity contribution in [3.8, 4) is 5.75 Å². The van der Waals surface area contributed by atoms with Crippen molar-refractivity contribution in [2.24, 2.45) is 0 Å². The number of hydrogen-bond acceptors (Lipinski definition) is 5. The largest absolute Gasteiger partial charge is 0.508 e. The van der Waals surface area contributed by atoms with Crippen LogP contribution in [0.25, 0.3) is 5.78 Å². The number of aryl methyl sites for hydroxylation is 2. The molecular weight excluding hydrogens is 363 g/mol. The first-order chi connectivity index (χ1) is 13.4. The number of nitrogens with zero attached hydrogens (tertiary/aromatic N) is 5. The summed E-state index contributed by atoms with van der Waals surface area (Å²) in [5.41, 5.74) is 2.39. The second-order valence-corrected chi connectivity index (χ2v) is 7.14. The quantitative estimate of drug-likeness (QED) is 0.708. The Labute approximate surface area is 161 Å². The summed E-state index contributed by atoms with van der Waals surface area (Å²) >= 11 is 0. The van der Waals surface area contributed by atoms with Crippen molar-refractivity contribution >= 4 is 17.8 Å². The number of rotatable bonds is 2. The Hall–Kier alpha value is -3.23. The molecule has 0 aliphatic carbocycles. The molecule has 1 aliphatic rings. The van der Waals surface area contributed by atoms with Crippen LogP contribution in [0.4, 0.5) is 15.1 Å². The Kier molecular flexibility index (Phi) is 4.58. The number of likely N-dealkylation sites (tertiary alicyclic amines) is 1. The van der Waals surface area contributed by atoms with Gasteiger partial charge in [-0.2, -0.15) is 9.50 Å². The highest BCUT2D eigenvalue weighted by Crippen LogP contribution is 2.30. The van der Waals surface area contributed by atoms with E-state index in [9.17, 15) is 14.3 Å². The molecule has 146 valence electrons. The number of phenolic OH excluding ortho intramolecular Hbond substituents is 1. The van der Waals surface area contributed by atoms with Crippen molar-refractivity contribution in [1.82, 2.24) is 24.5 Å². The number of fused-ring (bicyclic) bond motifs is 1. The van der Waals surface area contributed by atoms with Gasteiger partial charge in [-0.1, -0.05) is 0 Å². The lowest BCUT2D eigenvalue weighted by Gasteiger charge is -2.32. The van der Waals surface area contributed by atoms with Gasteiger partial charge in [-0.15, -0.1) is 5.10 Å². The predicted octanol–water partition coefficient (Wildman–Crippen LogP) is 3.00. The zero-order valence-corrected chi connectivity index (χ0v) is 15.7. The van der Waals surface area contributed by atoms with Crippen LogP contribution in [0.15, 0.2) is 24.3 Å². The van der Waals surface area contributed by atoms with Crippen molar-refractivity contribution in [3.05, 3.63) is 47.0 Å². The highest BCUT2D eigenvalue weighted by atomic mass is 19.1. The molecule has 9 heteroatoms. The summed E-state index contributed by atoms with van der Waals surface area (Å²) in [6.45, 7) is 4.79. The molecule has 8 nitrogen and oxygen atoms in total. The molecule has 2 aromatic heterocycles. The van der Waals surface area contributed by atoms with Crippen molar-refractivity contribution < 1.29 is 14.3 Å². The fourth-order valence-electron chi connectivity index (χ4n) is 3.66. The number of carbonyl (C=O) groups excluding carboxylic acids is 1. The Morgan fingerprint density at radius 2 is 2.07 bits per heavy atom. The molecule has 1 fully saturated rings. The van der Waals surface area contributed by atoms with Crippen molar-refractivity contribution in [2.75, 3.05) is 18.4 Å². The van der Waals surface area contributed by atoms with Gasteiger partial charge >= 0.3 is 6.03 Å². The SMILES string of the molecule is Cc1cc(C)n2nc(NC(=O)N3CCCC(c4cc(O)cc(F)c4)C3)nc2n1. The second kappa shape index (κ2) is 7.06. The van der Waals surface area contributed by atoms with Gasteiger partial charge in [0.05, 0.1) is 0 Å². The van der Waals surface area contributed by atoms with Crippen molar-refractivity contribution in [2.45, 2.75) is 32.6 Å². The van der Waals surface area contributed by atoms with Gasteiger partial charge in [0.15, 0.2) is 0 Å². The van der Waals surface area contributed by atoms with Gasteiger partial charge in [0, 0.05) is 36.5 Å². The molecule has 28 heavy (non-hydrogen) atoms. The second-order valence-electron chi connectivity index (χ2n) is 7.14. The summed E-state index contributed by atoms with van der Waals surface area (Å²) in [6, 6.07) is 5.61. The summed E-state index contributed by atoms with van der Waals surface area (Å²) in [5.74, 6) is -0.00903. The summed E-state index contributed by atoms with van der Waals surface area (Å²) < 4.78 is 15.2. The molecule has 2 N–H and O–H groups in total. The van der Waals surface area contributed by atoms with Gasteiger partial charge in [0.2, 0.25) is 0 Å². The van der Waals surface area contributed by atoms with Crippen LogP contribution in [0.5, 0.6) is 5.75 Å². The van der Waals surface area contributed by atoms with Gasteiger partial charge in [-0.3, -0.25) is 5.32 Å². The number of phenols is 1. The summed E-state index contributed by atoms with van der Waals surface area (Å²) in [4.78, 5) is 22.9. The number of aromatic nitrogens is 4. The van der Waals surface area contributed by atoms with Crippen LogP contribution in [0, 0.1) is 19.7 Å². The number of hydrogen-bond donors (Lipinski definition) is 2. The molecule has 4 rings (SSSR count). The minimum atomic E-state index is -0.483. The van der Waals surface area contributed by atoms with Crippen LogP contribution in [-0.4, -0.2) is 48.7 Å². The Morgan fingerprint density at radius 1 is 1.25 bits per heavy atom. The molecule has 3 heterocycles. The van der Waals surface area contributed by atoms with Gasteiger partial charge in [0.1, 0.15) is 11.6 Å². The van der Waals surface area contributed by atoms with Crippen LogP contribution in [0.1, 0.15) is 35.7 Å². The minimum Gasteiger partial charge on any atom is -0.508 e. The summed E-state index contributed by atoms with van der Waals surface area (Å²) in [6.07, 6.45) is 1.61. The number of urea groups is 1. The predicted molar refractivity (Wildman–Crippen MR) is 101 cm³/mol. The number of nitrogens with one attached hydrogen (secondary N) is 1. The smallest absolute Gasteiger partial charge is 0.324 e. The zero-order chi connectivity index (χ0) is 19.8. The number of piperidine rings is 1. The molecule has 1 aromatic carbocycles. The van der Waals surface area contributed by atoms with Gasteiger partial charge in [0.25, 0.3) is 11.7 Å². The maximum absolute atomic E-state index is 13.6. The van der Waals surface area contributed by atoms with E-state index in [-0.39, 0.29) is 23.6 Å². The fourth-order valence-corrected chi connectivity index (χ4v) is 3.66. The lowest BCUT2D eigenvalue weighted by atomic mass is 9.90. The van der Waals surface area contributed by atoms with Crippen LogP contribution < -0.4 is 5.32 Å². The van der Waals surface area contributed by atoms with E-state index in [4.69, 9.17) is 0 Å². The van der Waals surface area contributed by atoms with E-state index in [1.54, 1.807) is 15.5 Å². The van der Waals surface area contributed by atoms with E-state index in [0.717, 1.165) is 30.3 Å². The van der Waals surface area contributed by atoms with Crippen molar-refractivity contribution in [3.63, 3.8) is 0 Å². The van der Waals surface area contributed by atoms with Gasteiger partial charge in [-0.25, -0.2) is 14.2 Å². The Morgan fingerprint density at radius 3 is 2.86 bits per heavy atom. The molecule has 0 spiro atoms. The number of halogens is 1. The normalized spacial score (nSPS) is 17.1. The molecule has 3 aromatic rings. The van der Waals surface area contributed by atoms with E-state index in [1.807, 2.05) is 19.9 Å². The lowest BCUT2D eigenvalue weighted by molar-refractivity contribution is 0.192. The molecule has 1 atom stereocenters. The summed E-state index contributed by atoms with van der Waals surface area (Å²) in [7, 11) is 0. The number of carbonyl (C=O) groups is 1. The van der Waals surface area contributed by atoms with Crippen LogP contribution in [0.3, 0.4) is 0 Å². The lowest BCUT2D eigenvalue weighted by Crippen LogP contribution is -2.41. The van der Waals surface area contributed by atoms with Crippen molar-refractivity contribution in [1.29, 1.82) is 0 Å². The van der Waals surface area contributed by atoms with Crippen LogP contribution >= 0.6 is 0 Å². The highest BCUT2D eigenvalue weighted by molar-refractivity contribution is 5.87. The average molecular weight is 384 g/mol. The average Bonchev–Trinajstić information content (AvgIpc) is 3.03. The molecule has 0 bridgehead atoms. The van der Waals surface area contributed by atoms with Crippen LogP contribution in [0.2, 0.25) is 0 Å².